The molecule has 0 amide bonds. The minimum absolute atomic E-state index is 0. The van der Waals surface area contributed by atoms with Crippen molar-refractivity contribution < 1.29 is 34.4 Å². The first-order valence-corrected chi connectivity index (χ1v) is 13.8. The second-order valence-electron chi connectivity index (χ2n) is 11.7. The molecule has 0 saturated heterocycles. The number of benzene rings is 3. The largest absolute Gasteiger partial charge is 0.512 e. The minimum atomic E-state index is -0.125. The molecule has 5 aromatic rings. The number of aliphatic hydroxyl groups excluding tert-OH is 1. The van der Waals surface area contributed by atoms with Gasteiger partial charge in [-0.05, 0) is 67.1 Å². The summed E-state index contributed by atoms with van der Waals surface area (Å²) >= 11 is 0. The summed E-state index contributed by atoms with van der Waals surface area (Å²) in [4.78, 5) is 14.7. The van der Waals surface area contributed by atoms with Gasteiger partial charge in [0, 0.05) is 37.1 Å². The second-order valence-corrected chi connectivity index (χ2v) is 11.7. The number of fused-ring (bicyclic) bond motifs is 1. The SMILES string of the molecule is CC(=O)/C=C(/C)O.Cc1[c-]c(-c2cc3cc(-c4ccc(-c5c(C)cccc5C)cc4)oc3cn2)cc(C(C)(C)C)c1.[Ir]. The van der Waals surface area contributed by atoms with Gasteiger partial charge in [0.1, 0.15) is 5.76 Å². The standard InChI is InChI=1S/C32H30NO.C5H8O2.Ir/c1-20-14-25(16-27(15-20)32(4,5)6)28-17-26-18-29(34-30(26)19-33-28)23-10-12-24(13-11-23)31-21(2)8-7-9-22(31)3;1-4(6)3-5(2)7;/h7-13,15-19H,1-6H3;3,6H,1-2H3;/q-1;;/b;4-3-;. The average Bonchev–Trinajstić information content (AvgIpc) is 3.31. The Balaban J connectivity index is 0.000000541. The smallest absolute Gasteiger partial charge is 0.155 e. The zero-order chi connectivity index (χ0) is 29.9. The fourth-order valence-electron chi connectivity index (χ4n) is 4.89. The van der Waals surface area contributed by atoms with Gasteiger partial charge in [-0.3, -0.25) is 4.79 Å². The molecular weight excluding hydrogens is 699 g/mol. The van der Waals surface area contributed by atoms with E-state index in [4.69, 9.17) is 14.5 Å². The van der Waals surface area contributed by atoms with Crippen LogP contribution in [0.15, 0.2) is 89.2 Å². The van der Waals surface area contributed by atoms with Crippen LogP contribution >= 0.6 is 0 Å². The van der Waals surface area contributed by atoms with E-state index in [1.165, 1.54) is 47.7 Å². The summed E-state index contributed by atoms with van der Waals surface area (Å²) in [6, 6.07) is 27.2. The van der Waals surface area contributed by atoms with Gasteiger partial charge in [-0.1, -0.05) is 76.2 Å². The van der Waals surface area contributed by atoms with Gasteiger partial charge in [0.05, 0.1) is 12.0 Å². The summed E-state index contributed by atoms with van der Waals surface area (Å²) in [6.45, 7) is 16.0. The number of aryl methyl sites for hydroxylation is 3. The Morgan fingerprint density at radius 3 is 2.07 bits per heavy atom. The van der Waals surface area contributed by atoms with E-state index in [2.05, 4.69) is 114 Å². The molecule has 1 radical (unpaired) electrons. The van der Waals surface area contributed by atoms with Crippen LogP contribution in [-0.2, 0) is 30.3 Å². The topological polar surface area (TPSA) is 63.3 Å². The fourth-order valence-corrected chi connectivity index (χ4v) is 4.89. The molecule has 0 saturated carbocycles. The van der Waals surface area contributed by atoms with Gasteiger partial charge in [-0.25, -0.2) is 0 Å². The van der Waals surface area contributed by atoms with Crippen LogP contribution in [0.4, 0.5) is 0 Å². The van der Waals surface area contributed by atoms with Crippen molar-refractivity contribution in [2.75, 3.05) is 0 Å². The van der Waals surface area contributed by atoms with E-state index in [0.717, 1.165) is 39.1 Å². The second kappa shape index (κ2) is 13.5. The molecule has 5 heteroatoms. The van der Waals surface area contributed by atoms with Crippen LogP contribution in [-0.4, -0.2) is 15.9 Å². The minimum Gasteiger partial charge on any atom is -0.512 e. The summed E-state index contributed by atoms with van der Waals surface area (Å²) in [5.41, 5.74) is 11.4. The molecule has 0 aliphatic rings. The zero-order valence-electron chi connectivity index (χ0n) is 25.5. The van der Waals surface area contributed by atoms with Gasteiger partial charge in [-0.2, -0.15) is 0 Å². The number of aliphatic hydroxyl groups is 1. The molecule has 0 unspecified atom stereocenters. The Morgan fingerprint density at radius 1 is 0.905 bits per heavy atom. The van der Waals surface area contributed by atoms with E-state index in [0.29, 0.717) is 0 Å². The Bertz CT molecular complexity index is 1710. The number of carbonyl (C=O) groups excluding carboxylic acids is 1. The number of hydrogen-bond donors (Lipinski definition) is 1. The van der Waals surface area contributed by atoms with E-state index in [1.54, 1.807) is 0 Å². The molecular formula is C37H38IrNO3-. The number of pyridine rings is 1. The first-order chi connectivity index (χ1) is 19.3. The van der Waals surface area contributed by atoms with Crippen molar-refractivity contribution in [2.24, 2.45) is 0 Å². The van der Waals surface area contributed by atoms with Crippen molar-refractivity contribution >= 4 is 16.8 Å². The van der Waals surface area contributed by atoms with Crippen LogP contribution < -0.4 is 0 Å². The molecule has 0 bridgehead atoms. The summed E-state index contributed by atoms with van der Waals surface area (Å²) < 4.78 is 6.17. The van der Waals surface area contributed by atoms with Crippen LogP contribution in [0.5, 0.6) is 0 Å². The van der Waals surface area contributed by atoms with E-state index < -0.39 is 0 Å². The molecule has 42 heavy (non-hydrogen) atoms. The predicted octanol–water partition coefficient (Wildman–Crippen LogP) is 9.89. The number of furan rings is 1. The van der Waals surface area contributed by atoms with Crippen LogP contribution in [0.25, 0.3) is 44.7 Å². The van der Waals surface area contributed by atoms with Gasteiger partial charge in [0.25, 0.3) is 0 Å². The number of aromatic nitrogens is 1. The molecule has 0 aliphatic carbocycles. The van der Waals surface area contributed by atoms with Crippen LogP contribution in [0.2, 0.25) is 0 Å². The predicted molar refractivity (Wildman–Crippen MR) is 169 cm³/mol. The maximum Gasteiger partial charge on any atom is 0.155 e. The van der Waals surface area contributed by atoms with Crippen molar-refractivity contribution in [3.05, 3.63) is 113 Å². The molecule has 4 nitrogen and oxygen atoms in total. The van der Waals surface area contributed by atoms with E-state index in [1.807, 2.05) is 6.20 Å². The molecule has 0 spiro atoms. The van der Waals surface area contributed by atoms with E-state index in [9.17, 15) is 4.79 Å². The molecule has 3 aromatic carbocycles. The molecule has 0 atom stereocenters. The molecule has 1 N–H and O–H groups in total. The molecule has 0 fully saturated rings. The average molecular weight is 737 g/mol. The quantitative estimate of drug-likeness (QED) is 0.113. The molecule has 2 heterocycles. The van der Waals surface area contributed by atoms with E-state index in [-0.39, 0.29) is 37.1 Å². The van der Waals surface area contributed by atoms with Gasteiger partial charge in [0.15, 0.2) is 11.4 Å². The summed E-state index contributed by atoms with van der Waals surface area (Å²) in [5, 5.41) is 9.41. The fraction of sp³-hybridized carbons (Fsp3) is 0.243. The summed E-state index contributed by atoms with van der Waals surface area (Å²) in [5.74, 6) is 0.790. The number of ketones is 1. The first-order valence-electron chi connectivity index (χ1n) is 13.8. The van der Waals surface area contributed by atoms with Crippen molar-refractivity contribution in [1.29, 1.82) is 0 Å². The number of carbonyl (C=O) groups is 1. The number of allylic oxidation sites excluding steroid dienone is 2. The van der Waals surface area contributed by atoms with Crippen molar-refractivity contribution in [3.8, 4) is 33.7 Å². The third kappa shape index (κ3) is 7.94. The Hall–Kier alpha value is -3.79. The third-order valence-electron chi connectivity index (χ3n) is 6.90. The maximum absolute atomic E-state index is 10.0. The summed E-state index contributed by atoms with van der Waals surface area (Å²) in [6.07, 6.45) is 2.99. The van der Waals surface area contributed by atoms with Crippen LogP contribution in [0, 0.1) is 26.8 Å². The Kier molecular flexibility index (Phi) is 10.5. The van der Waals surface area contributed by atoms with Gasteiger partial charge < -0.3 is 14.5 Å². The van der Waals surface area contributed by atoms with Gasteiger partial charge >= 0.3 is 0 Å². The van der Waals surface area contributed by atoms with Crippen LogP contribution in [0.1, 0.15) is 56.9 Å². The summed E-state index contributed by atoms with van der Waals surface area (Å²) in [7, 11) is 0. The zero-order valence-corrected chi connectivity index (χ0v) is 27.9. The first kappa shape index (κ1) is 32.7. The number of rotatable bonds is 4. The van der Waals surface area contributed by atoms with Gasteiger partial charge in [0.2, 0.25) is 0 Å². The third-order valence-corrected chi connectivity index (χ3v) is 6.90. The molecule has 0 aliphatic heterocycles. The Morgan fingerprint density at radius 2 is 1.52 bits per heavy atom. The molecule has 5 rings (SSSR count). The number of nitrogens with zero attached hydrogens (tertiary/aromatic N) is 1. The number of hydrogen-bond acceptors (Lipinski definition) is 4. The Labute approximate surface area is 262 Å². The van der Waals surface area contributed by atoms with Crippen LogP contribution in [0.3, 0.4) is 0 Å². The van der Waals surface area contributed by atoms with E-state index >= 15 is 0 Å². The normalized spacial score (nSPS) is 11.5. The molecule has 219 valence electrons. The van der Waals surface area contributed by atoms with Crippen molar-refractivity contribution in [2.45, 2.75) is 60.8 Å². The maximum atomic E-state index is 10.0. The monoisotopic (exact) mass is 737 g/mol. The van der Waals surface area contributed by atoms with Crippen molar-refractivity contribution in [1.82, 2.24) is 4.98 Å². The van der Waals surface area contributed by atoms with Gasteiger partial charge in [-0.15, -0.1) is 34.9 Å². The van der Waals surface area contributed by atoms with Crippen molar-refractivity contribution in [3.63, 3.8) is 0 Å². The molecule has 2 aromatic heterocycles.